The number of alkyl halides is 2. The number of piperazine rings is 1. The quantitative estimate of drug-likeness (QED) is 0.588. The molecule has 1 atom stereocenters. The van der Waals surface area contributed by atoms with Gasteiger partial charge >= 0.3 is 0 Å². The van der Waals surface area contributed by atoms with Crippen LogP contribution >= 0.6 is 11.6 Å². The lowest BCUT2D eigenvalue weighted by Crippen LogP contribution is -2.67. The first-order valence-electron chi connectivity index (χ1n) is 11.4. The van der Waals surface area contributed by atoms with Crippen LogP contribution in [-0.4, -0.2) is 90.2 Å². The minimum atomic E-state index is -3.69. The van der Waals surface area contributed by atoms with Gasteiger partial charge in [-0.15, -0.1) is 0 Å². The van der Waals surface area contributed by atoms with E-state index < -0.39 is 39.3 Å². The predicted molar refractivity (Wildman–Crippen MR) is 126 cm³/mol. The van der Waals surface area contributed by atoms with Crippen LogP contribution in [0.1, 0.15) is 43.0 Å². The zero-order chi connectivity index (χ0) is 25.6. The van der Waals surface area contributed by atoms with E-state index >= 15 is 0 Å². The predicted octanol–water partition coefficient (Wildman–Crippen LogP) is 2.53. The third kappa shape index (κ3) is 5.11. The molecule has 2 heterocycles. The van der Waals surface area contributed by atoms with Crippen molar-refractivity contribution in [3.05, 3.63) is 34.6 Å². The molecular weight excluding hydrogens is 507 g/mol. The van der Waals surface area contributed by atoms with Crippen LogP contribution in [0.5, 0.6) is 0 Å². The molecular formula is C22H28ClF3N5O3S+. The fourth-order valence-corrected chi connectivity index (χ4v) is 6.84. The van der Waals surface area contributed by atoms with Crippen LogP contribution in [-0.2, 0) is 10.0 Å². The number of hydrogen-bond donors (Lipinski definition) is 1. The van der Waals surface area contributed by atoms with Crippen molar-refractivity contribution in [2.45, 2.75) is 50.1 Å². The topological polar surface area (TPSA) is 85.1 Å². The van der Waals surface area contributed by atoms with Crippen molar-refractivity contribution in [3.63, 3.8) is 0 Å². The van der Waals surface area contributed by atoms with Crippen molar-refractivity contribution in [1.82, 2.24) is 14.5 Å². The second-order valence-electron chi connectivity index (χ2n) is 9.33. The largest absolute Gasteiger partial charge is 0.348 e. The average molecular weight is 535 g/mol. The Morgan fingerprint density at radius 1 is 1.20 bits per heavy atom. The summed E-state index contributed by atoms with van der Waals surface area (Å²) >= 11 is 6.04. The number of benzene rings is 1. The number of nitrogens with zero attached hydrogens (tertiary/aromatic N) is 4. The van der Waals surface area contributed by atoms with E-state index in [-0.39, 0.29) is 60.9 Å². The Labute approximate surface area is 207 Å². The Morgan fingerprint density at radius 2 is 1.80 bits per heavy atom. The molecule has 0 aromatic heterocycles. The van der Waals surface area contributed by atoms with E-state index in [0.717, 1.165) is 12.1 Å². The van der Waals surface area contributed by atoms with Crippen LogP contribution < -0.4 is 5.32 Å². The molecule has 192 valence electrons. The molecule has 4 rings (SSSR count). The monoisotopic (exact) mass is 534 g/mol. The molecule has 0 radical (unpaired) electrons. The number of carbonyl (C=O) groups is 1. The van der Waals surface area contributed by atoms with Crippen LogP contribution in [0.15, 0.2) is 23.3 Å². The molecule has 2 aliphatic heterocycles. The molecule has 8 nitrogen and oxygen atoms in total. The van der Waals surface area contributed by atoms with E-state index in [1.54, 1.807) is 6.92 Å². The number of hydrazone groups is 1. The van der Waals surface area contributed by atoms with Crippen molar-refractivity contribution in [2.24, 2.45) is 5.10 Å². The number of amides is 1. The molecule has 1 N–H and O–H groups in total. The van der Waals surface area contributed by atoms with Crippen LogP contribution in [0.2, 0.25) is 5.02 Å². The molecule has 35 heavy (non-hydrogen) atoms. The van der Waals surface area contributed by atoms with E-state index in [1.165, 1.54) is 15.1 Å². The SMILES string of the molecule is C=[N+]1CC(S(=O)(=O)N2CCN(C3(C(C)NC(=O)c4ccc(F)cc4Cl)CCC(F)(F)CC3)CC2)=N1. The Morgan fingerprint density at radius 3 is 2.34 bits per heavy atom. The summed E-state index contributed by atoms with van der Waals surface area (Å²) in [5.74, 6) is -3.89. The smallest absolute Gasteiger partial charge is 0.281 e. The molecule has 1 amide bonds. The van der Waals surface area contributed by atoms with Crippen LogP contribution in [0.25, 0.3) is 0 Å². The first kappa shape index (κ1) is 26.1. The third-order valence-corrected chi connectivity index (χ3v) is 9.42. The van der Waals surface area contributed by atoms with E-state index in [0.29, 0.717) is 13.1 Å². The van der Waals surface area contributed by atoms with E-state index in [4.69, 9.17) is 11.6 Å². The summed E-state index contributed by atoms with van der Waals surface area (Å²) < 4.78 is 69.8. The van der Waals surface area contributed by atoms with Crippen LogP contribution in [0.4, 0.5) is 13.2 Å². The van der Waals surface area contributed by atoms with Gasteiger partial charge in [-0.25, -0.2) is 21.6 Å². The molecule has 1 saturated carbocycles. The zero-order valence-electron chi connectivity index (χ0n) is 19.3. The van der Waals surface area contributed by atoms with Gasteiger partial charge in [0.15, 0.2) is 6.72 Å². The van der Waals surface area contributed by atoms with Gasteiger partial charge in [-0.05, 0) is 38.0 Å². The lowest BCUT2D eigenvalue weighted by atomic mass is 9.73. The zero-order valence-corrected chi connectivity index (χ0v) is 20.9. The Kier molecular flexibility index (Phi) is 7.04. The van der Waals surface area contributed by atoms with Gasteiger partial charge < -0.3 is 5.32 Å². The summed E-state index contributed by atoms with van der Waals surface area (Å²) in [6.07, 6.45) is -0.401. The highest BCUT2D eigenvalue weighted by molar-refractivity contribution is 8.04. The lowest BCUT2D eigenvalue weighted by Gasteiger charge is -2.53. The van der Waals surface area contributed by atoms with Crippen LogP contribution in [0.3, 0.4) is 0 Å². The number of carbonyl (C=O) groups excluding carboxylic acids is 1. The normalized spacial score (nSPS) is 23.8. The van der Waals surface area contributed by atoms with Gasteiger partial charge in [-0.1, -0.05) is 16.3 Å². The maximum Gasteiger partial charge on any atom is 0.281 e. The van der Waals surface area contributed by atoms with E-state index in [1.807, 2.05) is 4.90 Å². The Balaban J connectivity index is 1.51. The number of halogens is 4. The van der Waals surface area contributed by atoms with Gasteiger partial charge in [0, 0.05) is 55.7 Å². The highest BCUT2D eigenvalue weighted by Gasteiger charge is 2.51. The van der Waals surface area contributed by atoms with Gasteiger partial charge in [0.1, 0.15) is 5.82 Å². The Bertz CT molecular complexity index is 1160. The number of sulfonamides is 1. The Hall–Kier alpha value is -2.02. The maximum absolute atomic E-state index is 14.1. The summed E-state index contributed by atoms with van der Waals surface area (Å²) in [4.78, 5) is 14.9. The van der Waals surface area contributed by atoms with Crippen molar-refractivity contribution in [3.8, 4) is 0 Å². The van der Waals surface area contributed by atoms with Gasteiger partial charge in [0.25, 0.3) is 21.0 Å². The fourth-order valence-electron chi connectivity index (χ4n) is 5.11. The molecule has 2 fully saturated rings. The summed E-state index contributed by atoms with van der Waals surface area (Å²) in [6.45, 7) is 6.47. The standard InChI is InChI=1S/C22H27ClF3N5O3S/c1-15(27-20(32)17-4-3-16(24)13-18(17)23)21(5-7-22(25,26)8-6-21)30-9-11-31(12-10-30)35(33,34)19-14-29(2)28-19/h3-4,13,15H,2,5-12,14H2,1H3/p+1. The third-order valence-electron chi connectivity index (χ3n) is 7.25. The number of hydrogen-bond acceptors (Lipinski definition) is 5. The van der Waals surface area contributed by atoms with Gasteiger partial charge in [-0.2, -0.15) is 4.31 Å². The first-order valence-corrected chi connectivity index (χ1v) is 13.2. The highest BCUT2D eigenvalue weighted by atomic mass is 35.5. The minimum Gasteiger partial charge on any atom is -0.348 e. The van der Waals surface area contributed by atoms with Gasteiger partial charge in [0.05, 0.1) is 10.6 Å². The average Bonchev–Trinajstić information content (AvgIpc) is 2.77. The van der Waals surface area contributed by atoms with Crippen molar-refractivity contribution >= 4 is 39.3 Å². The summed E-state index contributed by atoms with van der Waals surface area (Å²) in [7, 11) is -3.69. The molecule has 0 bridgehead atoms. The van der Waals surface area contributed by atoms with Gasteiger partial charge in [-0.3, -0.25) is 9.69 Å². The molecule has 3 aliphatic rings. The second-order valence-corrected chi connectivity index (χ2v) is 11.7. The molecule has 1 unspecified atom stereocenters. The summed E-state index contributed by atoms with van der Waals surface area (Å²) in [5.41, 5.74) is -0.703. The van der Waals surface area contributed by atoms with Crippen molar-refractivity contribution in [2.75, 3.05) is 32.7 Å². The van der Waals surface area contributed by atoms with Crippen molar-refractivity contribution in [1.29, 1.82) is 0 Å². The fraction of sp³-hybridized carbons (Fsp3) is 0.591. The summed E-state index contributed by atoms with van der Waals surface area (Å²) in [6, 6.07) is 2.90. The minimum absolute atomic E-state index is 0.0440. The number of rotatable bonds is 5. The molecule has 1 saturated heterocycles. The lowest BCUT2D eigenvalue weighted by molar-refractivity contribution is -0.532. The molecule has 1 aromatic rings. The van der Waals surface area contributed by atoms with Crippen molar-refractivity contribution < 1.29 is 31.1 Å². The van der Waals surface area contributed by atoms with Gasteiger partial charge in [0.2, 0.25) is 12.5 Å². The molecule has 1 aromatic carbocycles. The highest BCUT2D eigenvalue weighted by Crippen LogP contribution is 2.44. The molecule has 13 heteroatoms. The van der Waals surface area contributed by atoms with E-state index in [9.17, 15) is 26.4 Å². The molecule has 0 spiro atoms. The summed E-state index contributed by atoms with van der Waals surface area (Å²) in [5, 5.41) is 6.73. The second kappa shape index (κ2) is 9.45. The maximum atomic E-state index is 14.1. The first-order chi connectivity index (χ1) is 16.3. The van der Waals surface area contributed by atoms with E-state index in [2.05, 4.69) is 17.1 Å². The number of nitrogens with one attached hydrogen (secondary N) is 1. The van der Waals surface area contributed by atoms with Crippen LogP contribution in [0, 0.1) is 5.82 Å². The molecule has 1 aliphatic carbocycles.